The fourth-order valence-corrected chi connectivity index (χ4v) is 2.28. The Hall–Kier alpha value is -2.59. The van der Waals surface area contributed by atoms with E-state index in [2.05, 4.69) is 0 Å². The summed E-state index contributed by atoms with van der Waals surface area (Å²) in [7, 11) is 0. The summed E-state index contributed by atoms with van der Waals surface area (Å²) in [6.45, 7) is 1.24. The molecule has 0 aliphatic rings. The van der Waals surface area contributed by atoms with Crippen LogP contribution in [0.25, 0.3) is 22.3 Å². The minimum Gasteiger partial charge on any atom is -0.452 e. The lowest BCUT2D eigenvalue weighted by molar-refractivity contribution is -0.131. The van der Waals surface area contributed by atoms with Gasteiger partial charge in [-0.2, -0.15) is 0 Å². The SMILES string of the molecule is CC(=O)Oc1c(-c2ccc(Cl)cc2)oc2ccccc2c1=O. The lowest BCUT2D eigenvalue weighted by Crippen LogP contribution is -2.13. The van der Waals surface area contributed by atoms with Crippen molar-refractivity contribution in [3.8, 4) is 17.1 Å². The first-order chi connectivity index (χ1) is 10.6. The molecular formula is C17H11ClO4. The van der Waals surface area contributed by atoms with E-state index in [9.17, 15) is 9.59 Å². The molecule has 22 heavy (non-hydrogen) atoms. The minimum atomic E-state index is -0.585. The lowest BCUT2D eigenvalue weighted by Gasteiger charge is -2.09. The van der Waals surface area contributed by atoms with Gasteiger partial charge in [0.25, 0.3) is 0 Å². The van der Waals surface area contributed by atoms with Crippen LogP contribution >= 0.6 is 11.6 Å². The minimum absolute atomic E-state index is 0.117. The number of halogens is 1. The smallest absolute Gasteiger partial charge is 0.308 e. The van der Waals surface area contributed by atoms with Crippen molar-refractivity contribution in [2.75, 3.05) is 0 Å². The maximum atomic E-state index is 12.6. The van der Waals surface area contributed by atoms with Gasteiger partial charge >= 0.3 is 5.97 Å². The molecule has 0 amide bonds. The molecule has 0 bridgehead atoms. The Kier molecular flexibility index (Phi) is 3.69. The van der Waals surface area contributed by atoms with E-state index in [4.69, 9.17) is 20.8 Å². The zero-order valence-corrected chi connectivity index (χ0v) is 12.4. The molecular weight excluding hydrogens is 304 g/mol. The third-order valence-electron chi connectivity index (χ3n) is 3.11. The van der Waals surface area contributed by atoms with Gasteiger partial charge in [0, 0.05) is 17.5 Å². The number of carbonyl (C=O) groups is 1. The van der Waals surface area contributed by atoms with Crippen LogP contribution in [0, 0.1) is 0 Å². The molecule has 110 valence electrons. The predicted octanol–water partition coefficient (Wildman–Crippen LogP) is 4.04. The third kappa shape index (κ3) is 2.61. The van der Waals surface area contributed by atoms with E-state index in [0.717, 1.165) is 0 Å². The lowest BCUT2D eigenvalue weighted by atomic mass is 10.1. The molecule has 0 fully saturated rings. The van der Waals surface area contributed by atoms with Gasteiger partial charge in [-0.05, 0) is 36.4 Å². The molecule has 0 saturated carbocycles. The zero-order chi connectivity index (χ0) is 15.7. The van der Waals surface area contributed by atoms with E-state index in [1.807, 2.05) is 0 Å². The van der Waals surface area contributed by atoms with Crippen LogP contribution in [0.15, 0.2) is 57.7 Å². The number of benzene rings is 2. The number of esters is 1. The first kappa shape index (κ1) is 14.4. The first-order valence-corrected chi connectivity index (χ1v) is 6.94. The van der Waals surface area contributed by atoms with Gasteiger partial charge in [-0.1, -0.05) is 23.7 Å². The van der Waals surface area contributed by atoms with Gasteiger partial charge in [0.05, 0.1) is 5.39 Å². The average molecular weight is 315 g/mol. The molecule has 0 aliphatic heterocycles. The van der Waals surface area contributed by atoms with Crippen LogP contribution in [0.5, 0.6) is 5.75 Å². The van der Waals surface area contributed by atoms with E-state index in [1.54, 1.807) is 48.5 Å². The standard InChI is InChI=1S/C17H11ClO4/c1-10(19)21-17-15(20)13-4-2-3-5-14(13)22-16(17)11-6-8-12(18)9-7-11/h2-9H,1H3. The number of hydrogen-bond acceptors (Lipinski definition) is 4. The highest BCUT2D eigenvalue weighted by molar-refractivity contribution is 6.30. The van der Waals surface area contributed by atoms with E-state index < -0.39 is 5.97 Å². The normalized spacial score (nSPS) is 10.6. The van der Waals surface area contributed by atoms with Crippen LogP contribution in [0.1, 0.15) is 6.92 Å². The quantitative estimate of drug-likeness (QED) is 0.670. The highest BCUT2D eigenvalue weighted by atomic mass is 35.5. The fraction of sp³-hybridized carbons (Fsp3) is 0.0588. The number of ether oxygens (including phenoxy) is 1. The van der Waals surface area contributed by atoms with Gasteiger partial charge in [0.15, 0.2) is 5.76 Å². The van der Waals surface area contributed by atoms with Crippen molar-refractivity contribution in [1.82, 2.24) is 0 Å². The zero-order valence-electron chi connectivity index (χ0n) is 11.6. The predicted molar refractivity (Wildman–Crippen MR) is 84.2 cm³/mol. The summed E-state index contributed by atoms with van der Waals surface area (Å²) in [6.07, 6.45) is 0. The molecule has 3 rings (SSSR count). The molecule has 1 aromatic heterocycles. The number of carbonyl (C=O) groups excluding carboxylic acids is 1. The number of hydrogen-bond donors (Lipinski definition) is 0. The fourth-order valence-electron chi connectivity index (χ4n) is 2.15. The maximum Gasteiger partial charge on any atom is 0.308 e. The van der Waals surface area contributed by atoms with E-state index >= 15 is 0 Å². The number of rotatable bonds is 2. The second kappa shape index (κ2) is 5.66. The van der Waals surface area contributed by atoms with E-state index in [1.165, 1.54) is 6.92 Å². The molecule has 3 aromatic rings. The highest BCUT2D eigenvalue weighted by Gasteiger charge is 2.18. The van der Waals surface area contributed by atoms with Gasteiger partial charge < -0.3 is 9.15 Å². The molecule has 0 atom stereocenters. The molecule has 0 spiro atoms. The van der Waals surface area contributed by atoms with Crippen molar-refractivity contribution in [2.45, 2.75) is 6.92 Å². The number of fused-ring (bicyclic) bond motifs is 1. The molecule has 0 N–H and O–H groups in total. The van der Waals surface area contributed by atoms with Crippen molar-refractivity contribution < 1.29 is 13.9 Å². The van der Waals surface area contributed by atoms with Crippen LogP contribution in [-0.2, 0) is 4.79 Å². The number of para-hydroxylation sites is 1. The first-order valence-electron chi connectivity index (χ1n) is 6.56. The second-order valence-electron chi connectivity index (χ2n) is 4.69. The summed E-state index contributed by atoms with van der Waals surface area (Å²) in [4.78, 5) is 23.9. The average Bonchev–Trinajstić information content (AvgIpc) is 2.50. The molecule has 4 nitrogen and oxygen atoms in total. The summed E-state index contributed by atoms with van der Waals surface area (Å²) in [5, 5.41) is 0.914. The van der Waals surface area contributed by atoms with Gasteiger partial charge in [0.1, 0.15) is 5.58 Å². The van der Waals surface area contributed by atoms with Crippen molar-refractivity contribution in [3.05, 3.63) is 63.8 Å². The molecule has 0 aliphatic carbocycles. The molecule has 0 unspecified atom stereocenters. The van der Waals surface area contributed by atoms with Gasteiger partial charge in [-0.3, -0.25) is 9.59 Å². The second-order valence-corrected chi connectivity index (χ2v) is 5.12. The van der Waals surface area contributed by atoms with Crippen molar-refractivity contribution in [2.24, 2.45) is 0 Å². The third-order valence-corrected chi connectivity index (χ3v) is 3.36. The molecule has 2 aromatic carbocycles. The topological polar surface area (TPSA) is 56.5 Å². The summed E-state index contributed by atoms with van der Waals surface area (Å²) in [5.41, 5.74) is 0.638. The van der Waals surface area contributed by atoms with Crippen molar-refractivity contribution in [3.63, 3.8) is 0 Å². The van der Waals surface area contributed by atoms with Crippen LogP contribution in [0.2, 0.25) is 5.02 Å². The molecule has 1 heterocycles. The van der Waals surface area contributed by atoms with Gasteiger partial charge in [-0.15, -0.1) is 0 Å². The summed E-state index contributed by atoms with van der Waals surface area (Å²) in [5.74, 6) is -0.498. The Morgan fingerprint density at radius 2 is 1.77 bits per heavy atom. The Morgan fingerprint density at radius 3 is 2.45 bits per heavy atom. The summed E-state index contributed by atoms with van der Waals surface area (Å²) < 4.78 is 10.9. The summed E-state index contributed by atoms with van der Waals surface area (Å²) >= 11 is 5.87. The van der Waals surface area contributed by atoms with Crippen molar-refractivity contribution in [1.29, 1.82) is 0 Å². The van der Waals surface area contributed by atoms with Crippen molar-refractivity contribution >= 4 is 28.5 Å². The Labute approximate surface area is 130 Å². The highest BCUT2D eigenvalue weighted by Crippen LogP contribution is 2.31. The largest absolute Gasteiger partial charge is 0.452 e. The van der Waals surface area contributed by atoms with Crippen LogP contribution in [0.3, 0.4) is 0 Å². The van der Waals surface area contributed by atoms with Crippen LogP contribution < -0.4 is 10.2 Å². The molecule has 5 heteroatoms. The van der Waals surface area contributed by atoms with Crippen LogP contribution in [-0.4, -0.2) is 5.97 Å². The summed E-state index contributed by atoms with van der Waals surface area (Å²) in [6, 6.07) is 13.5. The molecule has 0 radical (unpaired) electrons. The molecule has 0 saturated heterocycles. The van der Waals surface area contributed by atoms with Crippen LogP contribution in [0.4, 0.5) is 0 Å². The monoisotopic (exact) mass is 314 g/mol. The van der Waals surface area contributed by atoms with E-state index in [-0.39, 0.29) is 16.9 Å². The maximum absolute atomic E-state index is 12.6. The Bertz CT molecular complexity index is 910. The van der Waals surface area contributed by atoms with Gasteiger partial charge in [-0.25, -0.2) is 0 Å². The van der Waals surface area contributed by atoms with E-state index in [0.29, 0.717) is 21.6 Å². The van der Waals surface area contributed by atoms with Gasteiger partial charge in [0.2, 0.25) is 11.2 Å². The Morgan fingerprint density at radius 1 is 1.09 bits per heavy atom. The Balaban J connectivity index is 2.33.